The highest BCUT2D eigenvalue weighted by molar-refractivity contribution is 5.98. The average molecular weight is 281 g/mol. The van der Waals surface area contributed by atoms with E-state index in [2.05, 4.69) is 5.32 Å². The summed E-state index contributed by atoms with van der Waals surface area (Å²) >= 11 is 0. The Balaban J connectivity index is 1.77. The van der Waals surface area contributed by atoms with Crippen LogP contribution in [0.15, 0.2) is 18.2 Å². The number of hydrogen-bond donors (Lipinski definition) is 2. The zero-order chi connectivity index (χ0) is 14.2. The van der Waals surface area contributed by atoms with Crippen LogP contribution in [-0.2, 0) is 4.74 Å². The summed E-state index contributed by atoms with van der Waals surface area (Å²) in [5.41, 5.74) is 0.595. The second kappa shape index (κ2) is 7.84. The first kappa shape index (κ1) is 14.8. The van der Waals surface area contributed by atoms with Crippen LogP contribution in [0, 0.1) is 0 Å². The van der Waals surface area contributed by atoms with Crippen molar-refractivity contribution in [1.82, 2.24) is 5.32 Å². The van der Waals surface area contributed by atoms with E-state index in [1.54, 1.807) is 18.2 Å². The van der Waals surface area contributed by atoms with Crippen molar-refractivity contribution in [2.45, 2.75) is 0 Å². The van der Waals surface area contributed by atoms with Crippen molar-refractivity contribution >= 4 is 5.78 Å². The molecule has 0 radical (unpaired) electrons. The molecule has 1 heterocycles. The predicted octanol–water partition coefficient (Wildman–Crippen LogP) is 0.239. The van der Waals surface area contributed by atoms with E-state index < -0.39 is 0 Å². The SMILES string of the molecule is O=C(CNCCOCCO)c1ccc2c(c1)OCCO2. The molecule has 1 aromatic rings. The molecule has 1 aliphatic heterocycles. The van der Waals surface area contributed by atoms with Crippen LogP contribution < -0.4 is 14.8 Å². The van der Waals surface area contributed by atoms with Crippen LogP contribution >= 0.6 is 0 Å². The second-order valence-electron chi connectivity index (χ2n) is 4.29. The lowest BCUT2D eigenvalue weighted by Gasteiger charge is -2.18. The molecule has 2 rings (SSSR count). The minimum absolute atomic E-state index is 0.0100. The molecule has 2 N–H and O–H groups in total. The van der Waals surface area contributed by atoms with Gasteiger partial charge in [-0.05, 0) is 18.2 Å². The van der Waals surface area contributed by atoms with E-state index >= 15 is 0 Å². The number of hydrogen-bond acceptors (Lipinski definition) is 6. The maximum Gasteiger partial charge on any atom is 0.176 e. The lowest BCUT2D eigenvalue weighted by Crippen LogP contribution is -2.27. The van der Waals surface area contributed by atoms with Gasteiger partial charge in [-0.2, -0.15) is 0 Å². The van der Waals surface area contributed by atoms with Crippen molar-refractivity contribution in [2.24, 2.45) is 0 Å². The molecule has 0 aliphatic carbocycles. The van der Waals surface area contributed by atoms with Crippen molar-refractivity contribution in [3.8, 4) is 11.5 Å². The van der Waals surface area contributed by atoms with E-state index in [0.29, 0.717) is 50.0 Å². The molecule has 110 valence electrons. The standard InChI is InChI=1S/C14H19NO5/c16-4-6-18-5-3-15-10-12(17)11-1-2-13-14(9-11)20-8-7-19-13/h1-2,9,15-16H,3-8,10H2. The number of ketones is 1. The molecule has 1 aromatic carbocycles. The number of carbonyl (C=O) groups is 1. The summed E-state index contributed by atoms with van der Waals surface area (Å²) in [5.74, 6) is 1.29. The number of aliphatic hydroxyl groups is 1. The topological polar surface area (TPSA) is 77.0 Å². The molecule has 0 atom stereocenters. The fourth-order valence-electron chi connectivity index (χ4n) is 1.83. The minimum Gasteiger partial charge on any atom is -0.486 e. The number of Topliss-reactive ketones (excluding diaryl/α,β-unsaturated/α-hetero) is 1. The summed E-state index contributed by atoms with van der Waals surface area (Å²) in [5, 5.41) is 11.5. The second-order valence-corrected chi connectivity index (χ2v) is 4.29. The number of rotatable bonds is 8. The fraction of sp³-hybridized carbons (Fsp3) is 0.500. The van der Waals surface area contributed by atoms with E-state index in [1.807, 2.05) is 0 Å². The molecule has 1 aliphatic rings. The third-order valence-corrected chi connectivity index (χ3v) is 2.81. The summed E-state index contributed by atoms with van der Waals surface area (Å²) in [7, 11) is 0. The summed E-state index contributed by atoms with van der Waals surface area (Å²) in [6.45, 7) is 2.64. The first-order chi connectivity index (χ1) is 9.81. The average Bonchev–Trinajstić information content (AvgIpc) is 2.50. The van der Waals surface area contributed by atoms with Crippen LogP contribution in [0.5, 0.6) is 11.5 Å². The minimum atomic E-state index is -0.0101. The molecule has 0 amide bonds. The Bertz CT molecular complexity index is 449. The van der Waals surface area contributed by atoms with Crippen LogP contribution in [0.3, 0.4) is 0 Å². The number of nitrogens with one attached hydrogen (secondary N) is 1. The molecule has 20 heavy (non-hydrogen) atoms. The van der Waals surface area contributed by atoms with Crippen LogP contribution in [0.25, 0.3) is 0 Å². The van der Waals surface area contributed by atoms with Crippen molar-refractivity contribution in [2.75, 3.05) is 46.1 Å². The van der Waals surface area contributed by atoms with Gasteiger partial charge >= 0.3 is 0 Å². The van der Waals surface area contributed by atoms with Crippen molar-refractivity contribution in [1.29, 1.82) is 0 Å². The predicted molar refractivity (Wildman–Crippen MR) is 72.5 cm³/mol. The van der Waals surface area contributed by atoms with Gasteiger partial charge in [0.1, 0.15) is 13.2 Å². The van der Waals surface area contributed by atoms with E-state index in [4.69, 9.17) is 19.3 Å². The van der Waals surface area contributed by atoms with Crippen LogP contribution in [0.4, 0.5) is 0 Å². The number of fused-ring (bicyclic) bond motifs is 1. The summed E-state index contributed by atoms with van der Waals surface area (Å²) < 4.78 is 15.9. The lowest BCUT2D eigenvalue weighted by molar-refractivity contribution is 0.0906. The van der Waals surface area contributed by atoms with Crippen molar-refractivity contribution < 1.29 is 24.1 Å². The molecule has 0 bridgehead atoms. The molecule has 0 aromatic heterocycles. The number of carbonyl (C=O) groups excluding carboxylic acids is 1. The fourth-order valence-corrected chi connectivity index (χ4v) is 1.83. The van der Waals surface area contributed by atoms with Crippen molar-refractivity contribution in [3.63, 3.8) is 0 Å². The molecular formula is C14H19NO5. The first-order valence-corrected chi connectivity index (χ1v) is 6.63. The molecule has 0 saturated heterocycles. The highest BCUT2D eigenvalue weighted by atomic mass is 16.6. The van der Waals surface area contributed by atoms with Crippen LogP contribution in [0.1, 0.15) is 10.4 Å². The highest BCUT2D eigenvalue weighted by Crippen LogP contribution is 2.30. The Morgan fingerprint density at radius 2 is 2.05 bits per heavy atom. The van der Waals surface area contributed by atoms with Crippen molar-refractivity contribution in [3.05, 3.63) is 23.8 Å². The van der Waals surface area contributed by atoms with E-state index in [-0.39, 0.29) is 18.9 Å². The van der Waals surface area contributed by atoms with E-state index in [1.165, 1.54) is 0 Å². The zero-order valence-corrected chi connectivity index (χ0v) is 11.3. The first-order valence-electron chi connectivity index (χ1n) is 6.63. The smallest absolute Gasteiger partial charge is 0.176 e. The van der Waals surface area contributed by atoms with E-state index in [9.17, 15) is 4.79 Å². The van der Waals surface area contributed by atoms with Gasteiger partial charge < -0.3 is 24.6 Å². The third kappa shape index (κ3) is 4.19. The molecule has 0 spiro atoms. The van der Waals surface area contributed by atoms with E-state index in [0.717, 1.165) is 0 Å². The quantitative estimate of drug-likeness (QED) is 0.525. The summed E-state index contributed by atoms with van der Waals surface area (Å²) in [6, 6.07) is 5.20. The Kier molecular flexibility index (Phi) is 5.79. The number of benzene rings is 1. The zero-order valence-electron chi connectivity index (χ0n) is 11.3. The highest BCUT2D eigenvalue weighted by Gasteiger charge is 2.14. The van der Waals surface area contributed by atoms with Gasteiger partial charge in [-0.15, -0.1) is 0 Å². The van der Waals surface area contributed by atoms with Gasteiger partial charge in [-0.25, -0.2) is 0 Å². The summed E-state index contributed by atoms with van der Waals surface area (Å²) in [4.78, 5) is 12.0. The van der Waals surface area contributed by atoms with Crippen LogP contribution in [0.2, 0.25) is 0 Å². The van der Waals surface area contributed by atoms with Crippen LogP contribution in [-0.4, -0.2) is 57.0 Å². The number of aliphatic hydroxyl groups excluding tert-OH is 1. The van der Waals surface area contributed by atoms with Gasteiger partial charge in [0.15, 0.2) is 17.3 Å². The van der Waals surface area contributed by atoms with Gasteiger partial charge in [0.25, 0.3) is 0 Å². The largest absolute Gasteiger partial charge is 0.486 e. The van der Waals surface area contributed by atoms with Gasteiger partial charge in [0, 0.05) is 12.1 Å². The van der Waals surface area contributed by atoms with Gasteiger partial charge in [0.05, 0.1) is 26.4 Å². The molecular weight excluding hydrogens is 262 g/mol. The Morgan fingerprint density at radius 3 is 2.85 bits per heavy atom. The Morgan fingerprint density at radius 1 is 1.25 bits per heavy atom. The molecule has 0 fully saturated rings. The maximum atomic E-state index is 12.0. The van der Waals surface area contributed by atoms with Gasteiger partial charge in [-0.1, -0.05) is 0 Å². The maximum absolute atomic E-state index is 12.0. The number of ether oxygens (including phenoxy) is 3. The monoisotopic (exact) mass is 281 g/mol. The lowest BCUT2D eigenvalue weighted by atomic mass is 10.1. The molecule has 0 saturated carbocycles. The molecule has 6 heteroatoms. The normalized spacial score (nSPS) is 13.2. The molecule has 0 unspecified atom stereocenters. The third-order valence-electron chi connectivity index (χ3n) is 2.81. The Hall–Kier alpha value is -1.63. The molecule has 6 nitrogen and oxygen atoms in total. The van der Waals surface area contributed by atoms with Gasteiger partial charge in [0.2, 0.25) is 0 Å². The van der Waals surface area contributed by atoms with Gasteiger partial charge in [-0.3, -0.25) is 4.79 Å². The summed E-state index contributed by atoms with van der Waals surface area (Å²) in [6.07, 6.45) is 0. The Labute approximate surface area is 117 Å².